The van der Waals surface area contributed by atoms with Gasteiger partial charge in [0.2, 0.25) is 11.8 Å². The second-order valence-corrected chi connectivity index (χ2v) is 5.52. The van der Waals surface area contributed by atoms with Crippen molar-refractivity contribution in [3.05, 3.63) is 30.1 Å². The summed E-state index contributed by atoms with van der Waals surface area (Å²) >= 11 is 0. The van der Waals surface area contributed by atoms with Gasteiger partial charge in [-0.25, -0.2) is 4.39 Å². The van der Waals surface area contributed by atoms with Gasteiger partial charge in [-0.1, -0.05) is 6.07 Å². The van der Waals surface area contributed by atoms with Gasteiger partial charge in [-0.2, -0.15) is 13.2 Å². The van der Waals surface area contributed by atoms with Gasteiger partial charge in [0.05, 0.1) is 12.6 Å². The predicted molar refractivity (Wildman–Crippen MR) is 78.7 cm³/mol. The first-order valence-corrected chi connectivity index (χ1v) is 7.38. The SMILES string of the molecule is O=C(CN1CCCC1C(=O)NCC(F)(F)F)Nc1cccc(F)c1. The van der Waals surface area contributed by atoms with Gasteiger partial charge < -0.3 is 10.6 Å². The van der Waals surface area contributed by atoms with E-state index in [0.717, 1.165) is 6.07 Å². The monoisotopic (exact) mass is 347 g/mol. The van der Waals surface area contributed by atoms with E-state index in [1.807, 2.05) is 5.32 Å². The van der Waals surface area contributed by atoms with E-state index in [1.165, 1.54) is 23.1 Å². The minimum absolute atomic E-state index is 0.152. The van der Waals surface area contributed by atoms with Gasteiger partial charge in [-0.3, -0.25) is 14.5 Å². The van der Waals surface area contributed by atoms with Crippen LogP contribution in [-0.2, 0) is 9.59 Å². The molecule has 0 aromatic heterocycles. The third-order valence-electron chi connectivity index (χ3n) is 3.58. The smallest absolute Gasteiger partial charge is 0.346 e. The van der Waals surface area contributed by atoms with E-state index in [-0.39, 0.29) is 12.2 Å². The number of rotatable bonds is 5. The summed E-state index contributed by atoms with van der Waals surface area (Å²) < 4.78 is 49.6. The number of nitrogens with zero attached hydrogens (tertiary/aromatic N) is 1. The van der Waals surface area contributed by atoms with Crippen molar-refractivity contribution >= 4 is 17.5 Å². The Balaban J connectivity index is 1.88. The number of hydrogen-bond donors (Lipinski definition) is 2. The Morgan fingerprint density at radius 2 is 2.04 bits per heavy atom. The van der Waals surface area contributed by atoms with E-state index < -0.39 is 36.4 Å². The molecule has 1 saturated heterocycles. The van der Waals surface area contributed by atoms with Crippen LogP contribution in [0.25, 0.3) is 0 Å². The molecule has 9 heteroatoms. The van der Waals surface area contributed by atoms with E-state index in [4.69, 9.17) is 0 Å². The number of hydrogen-bond acceptors (Lipinski definition) is 3. The quantitative estimate of drug-likeness (QED) is 0.800. The van der Waals surface area contributed by atoms with Crippen LogP contribution in [0.15, 0.2) is 24.3 Å². The average Bonchev–Trinajstić information content (AvgIpc) is 2.92. The van der Waals surface area contributed by atoms with E-state index in [0.29, 0.717) is 19.4 Å². The summed E-state index contributed by atoms with van der Waals surface area (Å²) in [7, 11) is 0. The summed E-state index contributed by atoms with van der Waals surface area (Å²) in [6, 6.07) is 4.56. The Bertz CT molecular complexity index is 607. The number of amides is 2. The molecule has 0 bridgehead atoms. The summed E-state index contributed by atoms with van der Waals surface area (Å²) in [5.41, 5.74) is 0.275. The van der Waals surface area contributed by atoms with Gasteiger partial charge in [-0.05, 0) is 37.6 Å². The minimum atomic E-state index is -4.48. The van der Waals surface area contributed by atoms with Gasteiger partial charge in [0.1, 0.15) is 12.4 Å². The third-order valence-corrected chi connectivity index (χ3v) is 3.58. The zero-order chi connectivity index (χ0) is 17.7. The van der Waals surface area contributed by atoms with E-state index in [9.17, 15) is 27.2 Å². The van der Waals surface area contributed by atoms with Crippen molar-refractivity contribution in [3.63, 3.8) is 0 Å². The van der Waals surface area contributed by atoms with Crippen LogP contribution in [0.3, 0.4) is 0 Å². The standard InChI is InChI=1S/C15H17F4N3O2/c16-10-3-1-4-11(7-10)21-13(23)8-22-6-2-5-12(22)14(24)20-9-15(17,18)19/h1,3-4,7,12H,2,5-6,8-9H2,(H,20,24)(H,21,23). The average molecular weight is 347 g/mol. The number of benzene rings is 1. The third kappa shape index (κ3) is 5.48. The molecule has 1 aliphatic heterocycles. The van der Waals surface area contributed by atoms with Gasteiger partial charge in [0.15, 0.2) is 0 Å². The van der Waals surface area contributed by atoms with Gasteiger partial charge >= 0.3 is 6.18 Å². The molecule has 132 valence electrons. The number of anilines is 1. The number of carbonyl (C=O) groups excluding carboxylic acids is 2. The number of likely N-dealkylation sites (tertiary alicyclic amines) is 1. The number of alkyl halides is 3. The Morgan fingerprint density at radius 3 is 2.71 bits per heavy atom. The van der Waals surface area contributed by atoms with Crippen molar-refractivity contribution in [1.82, 2.24) is 10.2 Å². The molecule has 1 heterocycles. The maximum absolute atomic E-state index is 13.1. The van der Waals surface area contributed by atoms with Crippen LogP contribution in [0, 0.1) is 5.82 Å². The molecule has 1 unspecified atom stereocenters. The van der Waals surface area contributed by atoms with Crippen molar-refractivity contribution in [2.45, 2.75) is 25.1 Å². The first kappa shape index (κ1) is 18.2. The number of nitrogens with one attached hydrogen (secondary N) is 2. The van der Waals surface area contributed by atoms with Crippen LogP contribution in [0.5, 0.6) is 0 Å². The minimum Gasteiger partial charge on any atom is -0.346 e. The van der Waals surface area contributed by atoms with Crippen LogP contribution in [0.2, 0.25) is 0 Å². The molecule has 1 fully saturated rings. The van der Waals surface area contributed by atoms with E-state index in [1.54, 1.807) is 0 Å². The highest BCUT2D eigenvalue weighted by Crippen LogP contribution is 2.19. The largest absolute Gasteiger partial charge is 0.405 e. The molecule has 0 radical (unpaired) electrons. The Hall–Kier alpha value is -2.16. The summed E-state index contributed by atoms with van der Waals surface area (Å²) in [4.78, 5) is 25.3. The van der Waals surface area contributed by atoms with Crippen LogP contribution >= 0.6 is 0 Å². The van der Waals surface area contributed by atoms with Crippen LogP contribution in [0.4, 0.5) is 23.2 Å². The molecule has 1 aromatic rings. The van der Waals surface area contributed by atoms with Crippen LogP contribution in [0.1, 0.15) is 12.8 Å². The molecule has 2 amide bonds. The van der Waals surface area contributed by atoms with Crippen molar-refractivity contribution in [2.75, 3.05) is 25.0 Å². The fraction of sp³-hybridized carbons (Fsp3) is 0.467. The Morgan fingerprint density at radius 1 is 1.29 bits per heavy atom. The van der Waals surface area contributed by atoms with Crippen molar-refractivity contribution in [2.24, 2.45) is 0 Å². The fourth-order valence-corrected chi connectivity index (χ4v) is 2.57. The topological polar surface area (TPSA) is 61.4 Å². The molecule has 0 saturated carbocycles. The van der Waals surface area contributed by atoms with Crippen molar-refractivity contribution in [1.29, 1.82) is 0 Å². The summed E-state index contributed by atoms with van der Waals surface area (Å²) in [6.45, 7) is -1.12. The molecule has 2 rings (SSSR count). The summed E-state index contributed by atoms with van der Waals surface area (Å²) in [5, 5.41) is 4.33. The molecule has 1 aliphatic rings. The molecule has 2 N–H and O–H groups in total. The molecule has 24 heavy (non-hydrogen) atoms. The highest BCUT2D eigenvalue weighted by atomic mass is 19.4. The van der Waals surface area contributed by atoms with Gasteiger partial charge in [-0.15, -0.1) is 0 Å². The fourth-order valence-electron chi connectivity index (χ4n) is 2.57. The molecule has 1 atom stereocenters. The summed E-state index contributed by atoms with van der Waals surface area (Å²) in [5.74, 6) is -1.71. The molecule has 0 aliphatic carbocycles. The lowest BCUT2D eigenvalue weighted by atomic mass is 10.2. The molecular weight excluding hydrogens is 330 g/mol. The lowest BCUT2D eigenvalue weighted by molar-refractivity contribution is -0.141. The normalized spacial score (nSPS) is 18.4. The van der Waals surface area contributed by atoms with E-state index >= 15 is 0 Å². The Labute approximate surface area is 136 Å². The highest BCUT2D eigenvalue weighted by Gasteiger charge is 2.34. The zero-order valence-corrected chi connectivity index (χ0v) is 12.7. The summed E-state index contributed by atoms with van der Waals surface area (Å²) in [6.07, 6.45) is -3.48. The molecule has 1 aromatic carbocycles. The molecule has 0 spiro atoms. The van der Waals surface area contributed by atoms with Gasteiger partial charge in [0, 0.05) is 5.69 Å². The van der Waals surface area contributed by atoms with Crippen molar-refractivity contribution in [3.8, 4) is 0 Å². The van der Waals surface area contributed by atoms with Gasteiger partial charge in [0.25, 0.3) is 0 Å². The first-order valence-electron chi connectivity index (χ1n) is 7.38. The first-order chi connectivity index (χ1) is 11.2. The lowest BCUT2D eigenvalue weighted by Gasteiger charge is -2.23. The Kier molecular flexibility index (Phi) is 5.76. The second kappa shape index (κ2) is 7.61. The predicted octanol–water partition coefficient (Wildman–Crippen LogP) is 1.91. The van der Waals surface area contributed by atoms with E-state index in [2.05, 4.69) is 5.32 Å². The van der Waals surface area contributed by atoms with Crippen molar-refractivity contribution < 1.29 is 27.2 Å². The molecule has 5 nitrogen and oxygen atoms in total. The highest BCUT2D eigenvalue weighted by molar-refractivity contribution is 5.93. The van der Waals surface area contributed by atoms with Crippen LogP contribution in [-0.4, -0.2) is 48.6 Å². The second-order valence-electron chi connectivity index (χ2n) is 5.52. The lowest BCUT2D eigenvalue weighted by Crippen LogP contribution is -2.47. The number of halogens is 4. The zero-order valence-electron chi connectivity index (χ0n) is 12.7. The maximum atomic E-state index is 13.1. The maximum Gasteiger partial charge on any atom is 0.405 e. The molecular formula is C15H17F4N3O2. The van der Waals surface area contributed by atoms with Crippen LogP contribution < -0.4 is 10.6 Å². The number of carbonyl (C=O) groups is 2.